The zero-order valence-corrected chi connectivity index (χ0v) is 12.5. The van der Waals surface area contributed by atoms with Gasteiger partial charge < -0.3 is 8.98 Å². The van der Waals surface area contributed by atoms with Gasteiger partial charge in [-0.3, -0.25) is 4.98 Å². The van der Waals surface area contributed by atoms with E-state index < -0.39 is 5.76 Å². The van der Waals surface area contributed by atoms with Gasteiger partial charge in [-0.15, -0.1) is 0 Å². The molecule has 0 aliphatic carbocycles. The Hall–Kier alpha value is -3.59. The van der Waals surface area contributed by atoms with E-state index in [9.17, 15) is 4.79 Å². The summed E-state index contributed by atoms with van der Waals surface area (Å²) in [6.07, 6.45) is 5.34. The summed E-state index contributed by atoms with van der Waals surface area (Å²) in [6.45, 7) is 0. The number of imidazole rings is 1. The van der Waals surface area contributed by atoms with E-state index in [1.807, 2.05) is 35.0 Å². The molecule has 4 rings (SSSR count). The number of hydrogen-bond acceptors (Lipinski definition) is 4. The molecule has 6 heteroatoms. The van der Waals surface area contributed by atoms with Crippen molar-refractivity contribution in [1.82, 2.24) is 14.5 Å². The minimum atomic E-state index is -0.472. The second kappa shape index (κ2) is 5.56. The number of aromatic amines is 1. The van der Waals surface area contributed by atoms with Crippen molar-refractivity contribution in [2.75, 3.05) is 0 Å². The standard InChI is InChI=1S/C18H12N4O2/c19-10-12-1-3-13(4-2-12)17(22-8-7-20-11-22)14-5-6-16-15(9-14)21-18(23)24-16/h1-9,11,17H,(H,21,23). The molecule has 1 unspecified atom stereocenters. The van der Waals surface area contributed by atoms with Crippen molar-refractivity contribution < 1.29 is 4.42 Å². The summed E-state index contributed by atoms with van der Waals surface area (Å²) in [4.78, 5) is 18.2. The zero-order valence-electron chi connectivity index (χ0n) is 12.5. The highest BCUT2D eigenvalue weighted by Crippen LogP contribution is 2.28. The monoisotopic (exact) mass is 316 g/mol. The van der Waals surface area contributed by atoms with E-state index in [0.29, 0.717) is 16.7 Å². The first kappa shape index (κ1) is 14.0. The van der Waals surface area contributed by atoms with Crippen LogP contribution in [0.3, 0.4) is 0 Å². The number of nitriles is 1. The summed E-state index contributed by atoms with van der Waals surface area (Å²) in [7, 11) is 0. The third-order valence-electron chi connectivity index (χ3n) is 3.94. The Balaban J connectivity index is 1.87. The maximum absolute atomic E-state index is 11.4. The molecule has 0 bridgehead atoms. The maximum atomic E-state index is 11.4. The van der Waals surface area contributed by atoms with Crippen LogP contribution in [0.15, 0.2) is 70.4 Å². The lowest BCUT2D eigenvalue weighted by Crippen LogP contribution is -2.10. The summed E-state index contributed by atoms with van der Waals surface area (Å²) < 4.78 is 7.04. The van der Waals surface area contributed by atoms with Crippen LogP contribution in [0.5, 0.6) is 0 Å². The first-order valence-electron chi connectivity index (χ1n) is 7.35. The summed E-state index contributed by atoms with van der Waals surface area (Å²) in [5, 5.41) is 8.98. The van der Waals surface area contributed by atoms with Crippen LogP contribution in [0.2, 0.25) is 0 Å². The van der Waals surface area contributed by atoms with Crippen molar-refractivity contribution >= 4 is 11.1 Å². The molecule has 0 saturated heterocycles. The molecule has 0 spiro atoms. The van der Waals surface area contributed by atoms with Crippen molar-refractivity contribution in [2.45, 2.75) is 6.04 Å². The summed E-state index contributed by atoms with van der Waals surface area (Å²) >= 11 is 0. The van der Waals surface area contributed by atoms with E-state index in [2.05, 4.69) is 16.0 Å². The lowest BCUT2D eigenvalue weighted by molar-refractivity contribution is 0.555. The Bertz CT molecular complexity index is 1080. The van der Waals surface area contributed by atoms with Gasteiger partial charge in [-0.2, -0.15) is 5.26 Å². The molecule has 1 atom stereocenters. The van der Waals surface area contributed by atoms with E-state index in [-0.39, 0.29) is 6.04 Å². The molecule has 24 heavy (non-hydrogen) atoms. The Kier molecular flexibility index (Phi) is 3.25. The van der Waals surface area contributed by atoms with Gasteiger partial charge in [0, 0.05) is 12.4 Å². The number of fused-ring (bicyclic) bond motifs is 1. The second-order valence-electron chi connectivity index (χ2n) is 5.42. The van der Waals surface area contributed by atoms with E-state index in [0.717, 1.165) is 11.1 Å². The quantitative estimate of drug-likeness (QED) is 0.629. The first-order chi connectivity index (χ1) is 11.7. The fourth-order valence-electron chi connectivity index (χ4n) is 2.84. The number of H-pyrrole nitrogens is 1. The molecule has 0 aliphatic rings. The maximum Gasteiger partial charge on any atom is 0.417 e. The number of aromatic nitrogens is 3. The molecule has 0 saturated carbocycles. The Morgan fingerprint density at radius 1 is 1.17 bits per heavy atom. The molecule has 2 aromatic carbocycles. The van der Waals surface area contributed by atoms with Gasteiger partial charge >= 0.3 is 5.76 Å². The fourth-order valence-corrected chi connectivity index (χ4v) is 2.84. The third kappa shape index (κ3) is 2.38. The molecular formula is C18H12N4O2. The van der Waals surface area contributed by atoms with Crippen molar-refractivity contribution in [3.63, 3.8) is 0 Å². The molecule has 116 valence electrons. The third-order valence-corrected chi connectivity index (χ3v) is 3.94. The highest BCUT2D eigenvalue weighted by molar-refractivity contribution is 5.73. The van der Waals surface area contributed by atoms with Gasteiger partial charge in [-0.1, -0.05) is 18.2 Å². The normalized spacial score (nSPS) is 12.1. The molecule has 1 N–H and O–H groups in total. The van der Waals surface area contributed by atoms with Crippen molar-refractivity contribution in [3.8, 4) is 6.07 Å². The van der Waals surface area contributed by atoms with Crippen LogP contribution >= 0.6 is 0 Å². The van der Waals surface area contributed by atoms with Gasteiger partial charge in [0.2, 0.25) is 0 Å². The van der Waals surface area contributed by atoms with E-state index >= 15 is 0 Å². The largest absolute Gasteiger partial charge is 0.417 e. The minimum Gasteiger partial charge on any atom is -0.408 e. The smallest absolute Gasteiger partial charge is 0.408 e. The van der Waals surface area contributed by atoms with Gasteiger partial charge in [0.05, 0.1) is 29.5 Å². The van der Waals surface area contributed by atoms with Crippen LogP contribution in [-0.2, 0) is 0 Å². The average Bonchev–Trinajstić information content (AvgIpc) is 3.24. The van der Waals surface area contributed by atoms with Gasteiger partial charge in [0.25, 0.3) is 0 Å². The van der Waals surface area contributed by atoms with Crippen LogP contribution in [-0.4, -0.2) is 14.5 Å². The number of benzene rings is 2. The lowest BCUT2D eigenvalue weighted by Gasteiger charge is -2.19. The van der Waals surface area contributed by atoms with Crippen LogP contribution < -0.4 is 5.76 Å². The molecule has 2 heterocycles. The van der Waals surface area contributed by atoms with E-state index in [4.69, 9.17) is 9.68 Å². The predicted octanol–water partition coefficient (Wildman–Crippen LogP) is 2.83. The van der Waals surface area contributed by atoms with Crippen LogP contribution in [0.1, 0.15) is 22.7 Å². The van der Waals surface area contributed by atoms with Gasteiger partial charge in [-0.05, 0) is 35.4 Å². The van der Waals surface area contributed by atoms with Crippen molar-refractivity contribution in [1.29, 1.82) is 5.26 Å². The molecule has 6 nitrogen and oxygen atoms in total. The SMILES string of the molecule is N#Cc1ccc(C(c2ccc3oc(=O)[nH]c3c2)n2ccnc2)cc1. The predicted molar refractivity (Wildman–Crippen MR) is 87.5 cm³/mol. The molecule has 2 aromatic heterocycles. The molecule has 4 aromatic rings. The highest BCUT2D eigenvalue weighted by atomic mass is 16.4. The first-order valence-corrected chi connectivity index (χ1v) is 7.35. The summed E-state index contributed by atoms with van der Waals surface area (Å²) in [6, 6.07) is 15.0. The Morgan fingerprint density at radius 2 is 1.96 bits per heavy atom. The van der Waals surface area contributed by atoms with E-state index in [1.165, 1.54) is 0 Å². The Morgan fingerprint density at radius 3 is 2.67 bits per heavy atom. The number of oxazole rings is 1. The second-order valence-corrected chi connectivity index (χ2v) is 5.42. The summed E-state index contributed by atoms with van der Waals surface area (Å²) in [5.41, 5.74) is 3.77. The number of nitrogens with zero attached hydrogens (tertiary/aromatic N) is 3. The molecular weight excluding hydrogens is 304 g/mol. The zero-order chi connectivity index (χ0) is 16.5. The number of hydrogen-bond donors (Lipinski definition) is 1. The van der Waals surface area contributed by atoms with Crippen molar-refractivity contribution in [2.24, 2.45) is 0 Å². The molecule has 0 aliphatic heterocycles. The minimum absolute atomic E-state index is 0.122. The number of rotatable bonds is 3. The van der Waals surface area contributed by atoms with Crippen molar-refractivity contribution in [3.05, 3.63) is 88.4 Å². The van der Waals surface area contributed by atoms with Crippen LogP contribution in [0.25, 0.3) is 11.1 Å². The van der Waals surface area contributed by atoms with Gasteiger partial charge in [0.1, 0.15) is 0 Å². The van der Waals surface area contributed by atoms with Crippen LogP contribution in [0.4, 0.5) is 0 Å². The Labute approximate surface area is 136 Å². The van der Waals surface area contributed by atoms with E-state index in [1.54, 1.807) is 30.7 Å². The van der Waals surface area contributed by atoms with Crippen LogP contribution in [0, 0.1) is 11.3 Å². The topological polar surface area (TPSA) is 87.6 Å². The molecule has 0 radical (unpaired) electrons. The van der Waals surface area contributed by atoms with Gasteiger partial charge in [-0.25, -0.2) is 9.78 Å². The lowest BCUT2D eigenvalue weighted by atomic mass is 9.97. The molecule has 0 amide bonds. The molecule has 0 fully saturated rings. The van der Waals surface area contributed by atoms with Gasteiger partial charge in [0.15, 0.2) is 5.58 Å². The number of nitrogens with one attached hydrogen (secondary N) is 1. The summed E-state index contributed by atoms with van der Waals surface area (Å²) in [5.74, 6) is -0.472. The fraction of sp³-hybridized carbons (Fsp3) is 0.0556. The highest BCUT2D eigenvalue weighted by Gasteiger charge is 2.17. The average molecular weight is 316 g/mol.